The van der Waals surface area contributed by atoms with Gasteiger partial charge in [-0.25, -0.2) is 0 Å². The van der Waals surface area contributed by atoms with Gasteiger partial charge in [-0.3, -0.25) is 9.48 Å². The highest BCUT2D eigenvalue weighted by Gasteiger charge is 2.26. The summed E-state index contributed by atoms with van der Waals surface area (Å²) in [6.45, 7) is 2.87. The third kappa shape index (κ3) is 5.56. The molecule has 1 N–H and O–H groups in total. The number of alkyl halides is 3. The van der Waals surface area contributed by atoms with Crippen LogP contribution < -0.4 is 5.32 Å². The summed E-state index contributed by atoms with van der Waals surface area (Å²) in [7, 11) is 1.60. The Morgan fingerprint density at radius 1 is 1.63 bits per heavy atom. The third-order valence-corrected chi connectivity index (χ3v) is 2.19. The zero-order chi connectivity index (χ0) is 14.5. The Balaban J connectivity index is 2.46. The number of carbonyl (C=O) groups excluding carboxylic acids is 1. The number of anilines is 1. The highest BCUT2D eigenvalue weighted by molar-refractivity contribution is 5.98. The van der Waals surface area contributed by atoms with Gasteiger partial charge in [0.2, 0.25) is 5.91 Å². The molecule has 0 atom stereocenters. The van der Waals surface area contributed by atoms with Crippen LogP contribution in [0.3, 0.4) is 0 Å². The van der Waals surface area contributed by atoms with E-state index in [2.05, 4.69) is 17.0 Å². The molecule has 0 aromatic carbocycles. The average molecular weight is 277 g/mol. The highest BCUT2D eigenvalue weighted by Crippen LogP contribution is 2.19. The van der Waals surface area contributed by atoms with E-state index in [1.54, 1.807) is 7.05 Å². The van der Waals surface area contributed by atoms with Crippen molar-refractivity contribution in [3.05, 3.63) is 24.4 Å². The Hall–Kier alpha value is -1.83. The number of aromatic nitrogens is 2. The van der Waals surface area contributed by atoms with Crippen LogP contribution in [0.25, 0.3) is 0 Å². The fourth-order valence-corrected chi connectivity index (χ4v) is 1.24. The number of carbonyl (C=O) groups is 1. The normalized spacial score (nSPS) is 11.4. The maximum absolute atomic E-state index is 11.9. The molecule has 0 fully saturated rings. The van der Waals surface area contributed by atoms with Crippen LogP contribution in [-0.4, -0.2) is 28.5 Å². The van der Waals surface area contributed by atoms with Crippen molar-refractivity contribution in [2.75, 3.05) is 11.9 Å². The van der Waals surface area contributed by atoms with Crippen LogP contribution in [0.5, 0.6) is 0 Å². The topological polar surface area (TPSA) is 56.1 Å². The standard InChI is InChI=1S/C11H14F3N3O2/c1-3-10(18)15-9-6-8(17(2)16-9)7-19-5-4-11(12,13)14/h3,6H,1,4-5,7H2,2H3,(H,15,16,18). The van der Waals surface area contributed by atoms with Gasteiger partial charge in [0.25, 0.3) is 0 Å². The fourth-order valence-electron chi connectivity index (χ4n) is 1.24. The van der Waals surface area contributed by atoms with E-state index in [1.165, 1.54) is 10.7 Å². The van der Waals surface area contributed by atoms with Crippen LogP contribution in [0.15, 0.2) is 18.7 Å². The van der Waals surface area contributed by atoms with Gasteiger partial charge in [0, 0.05) is 13.1 Å². The molecule has 1 aromatic heterocycles. The number of nitrogens with zero attached hydrogens (tertiary/aromatic N) is 2. The second-order valence-corrected chi connectivity index (χ2v) is 3.76. The predicted molar refractivity (Wildman–Crippen MR) is 62.4 cm³/mol. The summed E-state index contributed by atoms with van der Waals surface area (Å²) in [4.78, 5) is 11.0. The van der Waals surface area contributed by atoms with Crippen LogP contribution in [0.1, 0.15) is 12.1 Å². The van der Waals surface area contributed by atoms with E-state index in [4.69, 9.17) is 4.74 Å². The maximum atomic E-state index is 11.9. The minimum absolute atomic E-state index is 0.0104. The Bertz CT molecular complexity index is 455. The Morgan fingerprint density at radius 3 is 2.89 bits per heavy atom. The monoisotopic (exact) mass is 277 g/mol. The summed E-state index contributed by atoms with van der Waals surface area (Å²) in [5, 5.41) is 6.40. The molecule has 106 valence electrons. The van der Waals surface area contributed by atoms with Gasteiger partial charge in [-0.15, -0.1) is 0 Å². The molecule has 8 heteroatoms. The lowest BCUT2D eigenvalue weighted by Crippen LogP contribution is -2.12. The number of hydrogen-bond acceptors (Lipinski definition) is 3. The van der Waals surface area contributed by atoms with Crippen molar-refractivity contribution in [3.8, 4) is 0 Å². The van der Waals surface area contributed by atoms with Gasteiger partial charge >= 0.3 is 6.18 Å². The van der Waals surface area contributed by atoms with Crippen molar-refractivity contribution in [1.29, 1.82) is 0 Å². The Kier molecular flexibility index (Phi) is 5.11. The first-order valence-electron chi connectivity index (χ1n) is 5.42. The van der Waals surface area contributed by atoms with Crippen LogP contribution in [-0.2, 0) is 23.2 Å². The minimum Gasteiger partial charge on any atom is -0.375 e. The quantitative estimate of drug-likeness (QED) is 0.639. The van der Waals surface area contributed by atoms with Gasteiger partial charge < -0.3 is 10.1 Å². The second-order valence-electron chi connectivity index (χ2n) is 3.76. The molecule has 1 heterocycles. The Labute approximate surface area is 108 Å². The number of nitrogens with one attached hydrogen (secondary N) is 1. The van der Waals surface area contributed by atoms with Gasteiger partial charge in [0.1, 0.15) is 0 Å². The van der Waals surface area contributed by atoms with Gasteiger partial charge in [-0.2, -0.15) is 18.3 Å². The van der Waals surface area contributed by atoms with Gasteiger partial charge in [0.15, 0.2) is 5.82 Å². The summed E-state index contributed by atoms with van der Waals surface area (Å²) in [6, 6.07) is 1.52. The minimum atomic E-state index is -4.23. The highest BCUT2D eigenvalue weighted by atomic mass is 19.4. The Morgan fingerprint density at radius 2 is 2.32 bits per heavy atom. The largest absolute Gasteiger partial charge is 0.391 e. The second kappa shape index (κ2) is 6.37. The molecule has 1 amide bonds. The zero-order valence-electron chi connectivity index (χ0n) is 10.3. The summed E-state index contributed by atoms with van der Waals surface area (Å²) in [5.74, 6) is -0.121. The summed E-state index contributed by atoms with van der Waals surface area (Å²) >= 11 is 0. The molecule has 0 bridgehead atoms. The first-order valence-corrected chi connectivity index (χ1v) is 5.42. The summed E-state index contributed by atoms with van der Waals surface area (Å²) < 4.78 is 42.0. The molecule has 0 aliphatic carbocycles. The number of amides is 1. The van der Waals surface area contributed by atoms with E-state index < -0.39 is 25.1 Å². The summed E-state index contributed by atoms with van der Waals surface area (Å²) in [5.41, 5.74) is 0.557. The van der Waals surface area contributed by atoms with Crippen molar-refractivity contribution in [3.63, 3.8) is 0 Å². The van der Waals surface area contributed by atoms with E-state index in [-0.39, 0.29) is 6.61 Å². The van der Waals surface area contributed by atoms with Crippen molar-refractivity contribution < 1.29 is 22.7 Å². The van der Waals surface area contributed by atoms with E-state index in [0.717, 1.165) is 6.08 Å². The first kappa shape index (κ1) is 15.2. The van der Waals surface area contributed by atoms with Crippen LogP contribution >= 0.6 is 0 Å². The molecule has 0 aliphatic heterocycles. The number of rotatable bonds is 6. The molecular formula is C11H14F3N3O2. The number of halogens is 3. The molecule has 0 radical (unpaired) electrons. The van der Waals surface area contributed by atoms with Gasteiger partial charge in [-0.05, 0) is 6.08 Å². The predicted octanol–water partition coefficient (Wildman–Crippen LogP) is 2.01. The molecule has 0 aliphatic rings. The molecule has 0 saturated carbocycles. The van der Waals surface area contributed by atoms with Gasteiger partial charge in [0.05, 0.1) is 25.3 Å². The van der Waals surface area contributed by atoms with Gasteiger partial charge in [-0.1, -0.05) is 6.58 Å². The number of ether oxygens (including phenoxy) is 1. The van der Waals surface area contributed by atoms with Crippen molar-refractivity contribution in [1.82, 2.24) is 9.78 Å². The number of aryl methyl sites for hydroxylation is 1. The van der Waals surface area contributed by atoms with Crippen molar-refractivity contribution in [2.45, 2.75) is 19.2 Å². The van der Waals surface area contributed by atoms with Crippen LogP contribution in [0.2, 0.25) is 0 Å². The lowest BCUT2D eigenvalue weighted by molar-refractivity contribution is -0.146. The average Bonchev–Trinajstić information content (AvgIpc) is 2.64. The maximum Gasteiger partial charge on any atom is 0.391 e. The molecule has 0 unspecified atom stereocenters. The van der Waals surface area contributed by atoms with Crippen molar-refractivity contribution in [2.24, 2.45) is 7.05 Å². The third-order valence-electron chi connectivity index (χ3n) is 2.19. The molecule has 1 rings (SSSR count). The van der Waals surface area contributed by atoms with Crippen molar-refractivity contribution >= 4 is 11.7 Å². The number of hydrogen-bond donors (Lipinski definition) is 1. The van der Waals surface area contributed by atoms with E-state index in [9.17, 15) is 18.0 Å². The SMILES string of the molecule is C=CC(=O)Nc1cc(COCCC(F)(F)F)n(C)n1. The fraction of sp³-hybridized carbons (Fsp3) is 0.455. The van der Waals surface area contributed by atoms with E-state index in [1.807, 2.05) is 0 Å². The molecule has 0 saturated heterocycles. The molecule has 19 heavy (non-hydrogen) atoms. The first-order chi connectivity index (χ1) is 8.81. The lowest BCUT2D eigenvalue weighted by atomic mass is 10.4. The molecular weight excluding hydrogens is 263 g/mol. The lowest BCUT2D eigenvalue weighted by Gasteiger charge is -2.06. The van der Waals surface area contributed by atoms with E-state index in [0.29, 0.717) is 11.5 Å². The van der Waals surface area contributed by atoms with E-state index >= 15 is 0 Å². The molecule has 0 spiro atoms. The summed E-state index contributed by atoms with van der Waals surface area (Å²) in [6.07, 6.45) is -4.13. The van der Waals surface area contributed by atoms with Crippen LogP contribution in [0, 0.1) is 0 Å². The van der Waals surface area contributed by atoms with Crippen LogP contribution in [0.4, 0.5) is 19.0 Å². The molecule has 5 nitrogen and oxygen atoms in total. The molecule has 1 aromatic rings. The smallest absolute Gasteiger partial charge is 0.375 e. The zero-order valence-corrected chi connectivity index (χ0v) is 10.3.